The van der Waals surface area contributed by atoms with Crippen molar-refractivity contribution < 1.29 is 9.84 Å². The van der Waals surface area contributed by atoms with Gasteiger partial charge in [0.2, 0.25) is 5.88 Å². The molecule has 0 atom stereocenters. The molecule has 0 amide bonds. The van der Waals surface area contributed by atoms with Crippen LogP contribution in [0.4, 0.5) is 17.1 Å². The summed E-state index contributed by atoms with van der Waals surface area (Å²) in [6.45, 7) is 1.32. The summed E-state index contributed by atoms with van der Waals surface area (Å²) in [5.41, 5.74) is 1.57. The van der Waals surface area contributed by atoms with Crippen LogP contribution in [0.5, 0.6) is 5.88 Å². The minimum atomic E-state index is -0.0882. The van der Waals surface area contributed by atoms with Crippen LogP contribution in [0.25, 0.3) is 10.9 Å². The zero-order chi connectivity index (χ0) is 18.4. The number of azo groups is 1. The number of aromatic nitrogens is 1. The number of H-pyrrole nitrogens is 1. The molecule has 0 bridgehead atoms. The summed E-state index contributed by atoms with van der Waals surface area (Å²) >= 11 is 1.46. The maximum absolute atomic E-state index is 10.8. The van der Waals surface area contributed by atoms with E-state index in [2.05, 4.69) is 25.1 Å². The predicted octanol–water partition coefficient (Wildman–Crippen LogP) is 4.93. The third kappa shape index (κ3) is 4.07. The standard InChI is InChI=1S/C17H17N5O3S/c1-25-9-8-18-26-11-6-7-13-12(10-11)16(17(23)19-13)21-20-14-4-2-3-5-15(14)22-24/h2-7,10,18-19,23H,8-9H2,1H3. The molecule has 2 aromatic carbocycles. The fourth-order valence-electron chi connectivity index (χ4n) is 2.32. The van der Waals surface area contributed by atoms with Crippen molar-refractivity contribution >= 4 is 39.9 Å². The highest BCUT2D eigenvalue weighted by Gasteiger charge is 2.12. The van der Waals surface area contributed by atoms with Gasteiger partial charge in [0.1, 0.15) is 11.4 Å². The van der Waals surface area contributed by atoms with Crippen LogP contribution in [0.2, 0.25) is 0 Å². The van der Waals surface area contributed by atoms with E-state index in [0.29, 0.717) is 24.5 Å². The SMILES string of the molecule is COCCNSc1ccc2[nH]c(O)c(N=Nc3ccccc3N=O)c2c1. The van der Waals surface area contributed by atoms with Crippen LogP contribution < -0.4 is 4.72 Å². The molecule has 1 aromatic heterocycles. The molecule has 0 saturated carbocycles. The molecular weight excluding hydrogens is 354 g/mol. The van der Waals surface area contributed by atoms with Gasteiger partial charge in [0.15, 0.2) is 5.69 Å². The molecule has 0 aliphatic heterocycles. The number of aromatic hydroxyl groups is 1. The van der Waals surface area contributed by atoms with Crippen molar-refractivity contribution in [3.8, 4) is 5.88 Å². The maximum Gasteiger partial charge on any atom is 0.218 e. The molecule has 0 aliphatic carbocycles. The molecule has 134 valence electrons. The lowest BCUT2D eigenvalue weighted by molar-refractivity contribution is 0.205. The van der Waals surface area contributed by atoms with Crippen molar-refractivity contribution in [2.45, 2.75) is 4.90 Å². The van der Waals surface area contributed by atoms with E-state index in [1.807, 2.05) is 18.2 Å². The molecule has 3 rings (SSSR count). The molecule has 0 saturated heterocycles. The van der Waals surface area contributed by atoms with Crippen molar-refractivity contribution in [2.75, 3.05) is 20.3 Å². The molecule has 3 aromatic rings. The highest BCUT2D eigenvalue weighted by Crippen LogP contribution is 2.38. The number of benzene rings is 2. The van der Waals surface area contributed by atoms with E-state index >= 15 is 0 Å². The number of methoxy groups -OCH3 is 1. The first-order chi connectivity index (χ1) is 12.7. The lowest BCUT2D eigenvalue weighted by Gasteiger charge is -2.03. The van der Waals surface area contributed by atoms with Gasteiger partial charge in [-0.25, -0.2) is 0 Å². The van der Waals surface area contributed by atoms with Gasteiger partial charge in [0.25, 0.3) is 0 Å². The normalized spacial score (nSPS) is 11.4. The first kappa shape index (κ1) is 18.1. The molecule has 26 heavy (non-hydrogen) atoms. The van der Waals surface area contributed by atoms with E-state index in [0.717, 1.165) is 15.8 Å². The van der Waals surface area contributed by atoms with E-state index < -0.39 is 0 Å². The summed E-state index contributed by atoms with van der Waals surface area (Å²) in [6.07, 6.45) is 0. The van der Waals surface area contributed by atoms with Crippen LogP contribution in [-0.4, -0.2) is 30.4 Å². The third-order valence-corrected chi connectivity index (χ3v) is 4.40. The molecule has 9 heteroatoms. The van der Waals surface area contributed by atoms with Crippen LogP contribution in [0.3, 0.4) is 0 Å². The van der Waals surface area contributed by atoms with Crippen molar-refractivity contribution in [2.24, 2.45) is 15.4 Å². The Balaban J connectivity index is 1.88. The predicted molar refractivity (Wildman–Crippen MR) is 102 cm³/mol. The zero-order valence-corrected chi connectivity index (χ0v) is 14.8. The van der Waals surface area contributed by atoms with Gasteiger partial charge in [-0.15, -0.1) is 15.1 Å². The largest absolute Gasteiger partial charge is 0.493 e. The average molecular weight is 371 g/mol. The number of nitroso groups, excluding NO2 is 1. The third-order valence-electron chi connectivity index (χ3n) is 3.56. The second-order valence-electron chi connectivity index (χ2n) is 5.30. The number of ether oxygens (including phenoxy) is 1. The Morgan fingerprint density at radius 1 is 1.19 bits per heavy atom. The van der Waals surface area contributed by atoms with E-state index in [-0.39, 0.29) is 11.6 Å². The summed E-state index contributed by atoms with van der Waals surface area (Å²) in [5.74, 6) is -0.0882. The van der Waals surface area contributed by atoms with Crippen LogP contribution in [0, 0.1) is 4.91 Å². The maximum atomic E-state index is 10.8. The summed E-state index contributed by atoms with van der Waals surface area (Å²) in [7, 11) is 1.65. The quantitative estimate of drug-likeness (QED) is 0.225. The number of aromatic amines is 1. The zero-order valence-electron chi connectivity index (χ0n) is 14.0. The first-order valence-corrected chi connectivity index (χ1v) is 8.62. The number of hydrogen-bond donors (Lipinski definition) is 3. The summed E-state index contributed by atoms with van der Waals surface area (Å²) in [4.78, 5) is 14.7. The molecule has 3 N–H and O–H groups in total. The minimum Gasteiger partial charge on any atom is -0.493 e. The van der Waals surface area contributed by atoms with Gasteiger partial charge in [0.05, 0.1) is 12.1 Å². The molecule has 8 nitrogen and oxygen atoms in total. The number of fused-ring (bicyclic) bond motifs is 1. The molecule has 0 fully saturated rings. The van der Waals surface area contributed by atoms with Crippen molar-refractivity contribution in [3.05, 3.63) is 47.4 Å². The van der Waals surface area contributed by atoms with Crippen LogP contribution in [0.15, 0.2) is 62.8 Å². The van der Waals surface area contributed by atoms with Crippen molar-refractivity contribution in [1.29, 1.82) is 0 Å². The van der Waals surface area contributed by atoms with E-state index in [4.69, 9.17) is 4.74 Å². The van der Waals surface area contributed by atoms with Gasteiger partial charge in [-0.3, -0.25) is 4.72 Å². The Morgan fingerprint density at radius 3 is 2.77 bits per heavy atom. The highest BCUT2D eigenvalue weighted by atomic mass is 32.2. The molecule has 1 heterocycles. The van der Waals surface area contributed by atoms with Gasteiger partial charge in [-0.1, -0.05) is 12.1 Å². The second-order valence-corrected chi connectivity index (χ2v) is 6.26. The van der Waals surface area contributed by atoms with E-state index in [9.17, 15) is 10.0 Å². The number of nitrogens with zero attached hydrogens (tertiary/aromatic N) is 3. The fourth-order valence-corrected chi connectivity index (χ4v) is 2.98. The lowest BCUT2D eigenvalue weighted by atomic mass is 10.2. The van der Waals surface area contributed by atoms with Gasteiger partial charge in [-0.05, 0) is 47.5 Å². The number of nitrogens with one attached hydrogen (secondary N) is 2. The Kier molecular flexibility index (Phi) is 5.95. The Hall–Kier alpha value is -2.75. The van der Waals surface area contributed by atoms with Crippen LogP contribution in [0.1, 0.15) is 0 Å². The Bertz CT molecular complexity index is 941. The molecule has 0 radical (unpaired) electrons. The number of rotatable bonds is 8. The van der Waals surface area contributed by atoms with Crippen molar-refractivity contribution in [3.63, 3.8) is 0 Å². The van der Waals surface area contributed by atoms with Gasteiger partial charge in [-0.2, -0.15) is 0 Å². The van der Waals surface area contributed by atoms with Gasteiger partial charge >= 0.3 is 0 Å². The van der Waals surface area contributed by atoms with Gasteiger partial charge in [0, 0.05) is 23.9 Å². The lowest BCUT2D eigenvalue weighted by Crippen LogP contribution is -2.10. The summed E-state index contributed by atoms with van der Waals surface area (Å²) in [6, 6.07) is 12.3. The van der Waals surface area contributed by atoms with Gasteiger partial charge < -0.3 is 14.8 Å². The van der Waals surface area contributed by atoms with Crippen LogP contribution in [-0.2, 0) is 4.74 Å². The smallest absolute Gasteiger partial charge is 0.218 e. The van der Waals surface area contributed by atoms with Crippen molar-refractivity contribution in [1.82, 2.24) is 9.71 Å². The number of hydrogen-bond acceptors (Lipinski definition) is 8. The molecule has 0 spiro atoms. The van der Waals surface area contributed by atoms with E-state index in [1.54, 1.807) is 31.4 Å². The molecule has 0 aliphatic rings. The second kappa shape index (κ2) is 8.56. The minimum absolute atomic E-state index is 0.0882. The summed E-state index contributed by atoms with van der Waals surface area (Å²) in [5, 5.41) is 22.0. The average Bonchev–Trinajstić information content (AvgIpc) is 2.98. The van der Waals surface area contributed by atoms with Crippen LogP contribution >= 0.6 is 11.9 Å². The molecule has 0 unspecified atom stereocenters. The highest BCUT2D eigenvalue weighted by molar-refractivity contribution is 7.97. The first-order valence-electron chi connectivity index (χ1n) is 7.80. The van der Waals surface area contributed by atoms with E-state index in [1.165, 1.54) is 11.9 Å². The fraction of sp³-hybridized carbons (Fsp3) is 0.176. The summed E-state index contributed by atoms with van der Waals surface area (Å²) < 4.78 is 8.18. The monoisotopic (exact) mass is 371 g/mol. The molecular formula is C17H17N5O3S. The Morgan fingerprint density at radius 2 is 2.00 bits per heavy atom. The topological polar surface area (TPSA) is 111 Å². The Labute approximate surface area is 153 Å².